The van der Waals surface area contributed by atoms with Crippen molar-refractivity contribution in [1.82, 2.24) is 14.7 Å². The molecule has 1 heterocycles. The minimum atomic E-state index is 0.431. The first-order chi connectivity index (χ1) is 6.20. The molecule has 0 spiro atoms. The summed E-state index contributed by atoms with van der Waals surface area (Å²) in [5.41, 5.74) is 0. The Bertz CT molecular complexity index is 175. The number of nitrogens with zero attached hydrogens (tertiary/aromatic N) is 3. The number of hydrogen-bond donors (Lipinski definition) is 0. The van der Waals surface area contributed by atoms with Crippen LogP contribution >= 0.6 is 0 Å². The predicted molar refractivity (Wildman–Crippen MR) is 56.2 cm³/mol. The molecule has 1 aliphatic heterocycles. The lowest BCUT2D eigenvalue weighted by Gasteiger charge is -2.43. The molecule has 1 unspecified atom stereocenters. The van der Waals surface area contributed by atoms with E-state index in [0.29, 0.717) is 6.29 Å². The molecule has 0 bridgehead atoms. The van der Waals surface area contributed by atoms with Gasteiger partial charge in [-0.15, -0.1) is 0 Å². The van der Waals surface area contributed by atoms with Crippen LogP contribution in [0.25, 0.3) is 0 Å². The molecule has 0 saturated carbocycles. The Morgan fingerprint density at radius 1 is 1.31 bits per heavy atom. The Kier molecular flexibility index (Phi) is 3.75. The highest BCUT2D eigenvalue weighted by atomic mass is 15.5. The van der Waals surface area contributed by atoms with Crippen LogP contribution in [0, 0.1) is 0 Å². The van der Waals surface area contributed by atoms with Crippen LogP contribution < -0.4 is 0 Å². The summed E-state index contributed by atoms with van der Waals surface area (Å²) in [4.78, 5) is 7.06. The lowest BCUT2D eigenvalue weighted by atomic mass is 10.3. The van der Waals surface area contributed by atoms with E-state index in [2.05, 4.69) is 54.9 Å². The Balaban J connectivity index is 2.68. The summed E-state index contributed by atoms with van der Waals surface area (Å²) in [5.74, 6) is 0. The molecule has 1 atom stereocenters. The van der Waals surface area contributed by atoms with Gasteiger partial charge in [-0.2, -0.15) is 0 Å². The van der Waals surface area contributed by atoms with Gasteiger partial charge in [0, 0.05) is 13.6 Å². The SMILES string of the molecule is CCN(CC)C1N(C)C=CCN1C. The normalized spacial score (nSPS) is 24.4. The molecule has 0 radical (unpaired) electrons. The van der Waals surface area contributed by atoms with E-state index in [4.69, 9.17) is 0 Å². The minimum absolute atomic E-state index is 0.431. The summed E-state index contributed by atoms with van der Waals surface area (Å²) in [6.45, 7) is 7.67. The maximum absolute atomic E-state index is 2.45. The van der Waals surface area contributed by atoms with Gasteiger partial charge in [-0.25, -0.2) is 0 Å². The molecule has 1 rings (SSSR count). The second-order valence-electron chi connectivity index (χ2n) is 3.56. The molecule has 0 aromatic rings. The van der Waals surface area contributed by atoms with E-state index in [1.165, 1.54) is 0 Å². The average Bonchev–Trinajstić information content (AvgIpc) is 2.11. The van der Waals surface area contributed by atoms with E-state index in [0.717, 1.165) is 19.6 Å². The fourth-order valence-electron chi connectivity index (χ4n) is 1.95. The molecular weight excluding hydrogens is 162 g/mol. The molecule has 0 N–H and O–H groups in total. The van der Waals surface area contributed by atoms with E-state index < -0.39 is 0 Å². The third kappa shape index (κ3) is 2.23. The number of rotatable bonds is 3. The van der Waals surface area contributed by atoms with Gasteiger partial charge in [-0.3, -0.25) is 9.80 Å². The minimum Gasteiger partial charge on any atom is -0.353 e. The van der Waals surface area contributed by atoms with Crippen molar-refractivity contribution in [3.05, 3.63) is 12.3 Å². The third-order valence-electron chi connectivity index (χ3n) is 2.63. The van der Waals surface area contributed by atoms with Crippen LogP contribution in [0.1, 0.15) is 13.8 Å². The summed E-state index contributed by atoms with van der Waals surface area (Å²) in [6.07, 6.45) is 4.79. The lowest BCUT2D eigenvalue weighted by Crippen LogP contribution is -2.55. The largest absolute Gasteiger partial charge is 0.353 e. The van der Waals surface area contributed by atoms with Crippen molar-refractivity contribution in [1.29, 1.82) is 0 Å². The fourth-order valence-corrected chi connectivity index (χ4v) is 1.95. The highest BCUT2D eigenvalue weighted by molar-refractivity contribution is 4.92. The van der Waals surface area contributed by atoms with Crippen LogP contribution in [-0.4, -0.2) is 54.7 Å². The van der Waals surface area contributed by atoms with Crippen LogP contribution in [-0.2, 0) is 0 Å². The molecule has 0 amide bonds. The molecule has 1 aliphatic rings. The molecule has 3 nitrogen and oxygen atoms in total. The Morgan fingerprint density at radius 2 is 1.92 bits per heavy atom. The first-order valence-electron chi connectivity index (χ1n) is 5.03. The monoisotopic (exact) mass is 183 g/mol. The van der Waals surface area contributed by atoms with E-state index in [9.17, 15) is 0 Å². The van der Waals surface area contributed by atoms with Gasteiger partial charge in [-0.05, 0) is 26.3 Å². The molecule has 76 valence electrons. The highest BCUT2D eigenvalue weighted by Crippen LogP contribution is 2.12. The van der Waals surface area contributed by atoms with Gasteiger partial charge in [0.15, 0.2) is 0 Å². The first-order valence-corrected chi connectivity index (χ1v) is 5.03. The smallest absolute Gasteiger partial charge is 0.139 e. The van der Waals surface area contributed by atoms with E-state index >= 15 is 0 Å². The molecular formula is C10H21N3. The van der Waals surface area contributed by atoms with Crippen LogP contribution in [0.5, 0.6) is 0 Å². The van der Waals surface area contributed by atoms with Crippen LogP contribution in [0.2, 0.25) is 0 Å². The third-order valence-corrected chi connectivity index (χ3v) is 2.63. The summed E-state index contributed by atoms with van der Waals surface area (Å²) < 4.78 is 0. The van der Waals surface area contributed by atoms with Gasteiger partial charge in [0.05, 0.1) is 0 Å². The quantitative estimate of drug-likeness (QED) is 0.646. The van der Waals surface area contributed by atoms with Crippen molar-refractivity contribution >= 4 is 0 Å². The van der Waals surface area contributed by atoms with Crippen molar-refractivity contribution < 1.29 is 0 Å². The van der Waals surface area contributed by atoms with Crippen LogP contribution in [0.3, 0.4) is 0 Å². The van der Waals surface area contributed by atoms with Crippen LogP contribution in [0.15, 0.2) is 12.3 Å². The van der Waals surface area contributed by atoms with Gasteiger partial charge in [0.25, 0.3) is 0 Å². The average molecular weight is 183 g/mol. The maximum atomic E-state index is 2.45. The Morgan fingerprint density at radius 3 is 2.38 bits per heavy atom. The zero-order valence-corrected chi connectivity index (χ0v) is 9.20. The first kappa shape index (κ1) is 10.5. The van der Waals surface area contributed by atoms with Crippen molar-refractivity contribution in [2.75, 3.05) is 33.7 Å². The summed E-state index contributed by atoms with van der Waals surface area (Å²) in [7, 11) is 4.30. The van der Waals surface area contributed by atoms with Gasteiger partial charge in [0.2, 0.25) is 0 Å². The fraction of sp³-hybridized carbons (Fsp3) is 0.800. The summed E-state index contributed by atoms with van der Waals surface area (Å²) >= 11 is 0. The maximum Gasteiger partial charge on any atom is 0.139 e. The van der Waals surface area contributed by atoms with E-state index in [1.807, 2.05) is 0 Å². The number of hydrogen-bond acceptors (Lipinski definition) is 3. The molecule has 0 fully saturated rings. The van der Waals surface area contributed by atoms with Crippen molar-refractivity contribution in [3.8, 4) is 0 Å². The molecule has 0 aromatic heterocycles. The predicted octanol–water partition coefficient (Wildman–Crippen LogP) is 1.00. The van der Waals surface area contributed by atoms with Crippen molar-refractivity contribution in [2.45, 2.75) is 20.1 Å². The highest BCUT2D eigenvalue weighted by Gasteiger charge is 2.24. The van der Waals surface area contributed by atoms with Gasteiger partial charge in [0.1, 0.15) is 6.29 Å². The Labute approximate surface area is 81.6 Å². The van der Waals surface area contributed by atoms with E-state index in [1.54, 1.807) is 0 Å². The zero-order valence-electron chi connectivity index (χ0n) is 9.20. The molecule has 13 heavy (non-hydrogen) atoms. The number of likely N-dealkylation sites (N-methyl/N-ethyl adjacent to an activating group) is 1. The summed E-state index contributed by atoms with van der Waals surface area (Å²) in [5, 5.41) is 0. The molecule has 0 saturated heterocycles. The van der Waals surface area contributed by atoms with Gasteiger partial charge < -0.3 is 4.90 Å². The van der Waals surface area contributed by atoms with Gasteiger partial charge >= 0.3 is 0 Å². The van der Waals surface area contributed by atoms with Gasteiger partial charge in [-0.1, -0.05) is 19.9 Å². The second-order valence-corrected chi connectivity index (χ2v) is 3.56. The molecule has 0 aromatic carbocycles. The van der Waals surface area contributed by atoms with Crippen molar-refractivity contribution in [3.63, 3.8) is 0 Å². The van der Waals surface area contributed by atoms with E-state index in [-0.39, 0.29) is 0 Å². The zero-order chi connectivity index (χ0) is 9.84. The second kappa shape index (κ2) is 4.63. The Hall–Kier alpha value is -0.540. The standard InChI is InChI=1S/C10H21N3/c1-5-13(6-2)10-11(3)8-7-9-12(10)4/h7-8,10H,5-6,9H2,1-4H3. The molecule has 0 aliphatic carbocycles. The summed E-state index contributed by atoms with van der Waals surface area (Å²) in [6, 6.07) is 0. The lowest BCUT2D eigenvalue weighted by molar-refractivity contribution is -0.0219. The molecule has 3 heteroatoms. The topological polar surface area (TPSA) is 9.72 Å². The van der Waals surface area contributed by atoms with Crippen molar-refractivity contribution in [2.24, 2.45) is 0 Å². The van der Waals surface area contributed by atoms with Crippen LogP contribution in [0.4, 0.5) is 0 Å².